The number of carbonyl (C=O) groups excluding carboxylic acids is 2. The largest absolute Gasteiger partial charge is 0.376 e. The maximum atomic E-state index is 13.1. The van der Waals surface area contributed by atoms with Gasteiger partial charge in [0.15, 0.2) is 11.0 Å². The van der Waals surface area contributed by atoms with E-state index in [0.717, 1.165) is 6.42 Å². The second-order valence-corrected chi connectivity index (χ2v) is 8.47. The summed E-state index contributed by atoms with van der Waals surface area (Å²) in [7, 11) is 0. The Bertz CT molecular complexity index is 1200. The van der Waals surface area contributed by atoms with Gasteiger partial charge in [-0.2, -0.15) is 5.10 Å². The molecule has 0 radical (unpaired) electrons. The van der Waals surface area contributed by atoms with Crippen LogP contribution in [0.4, 0.5) is 5.69 Å². The van der Waals surface area contributed by atoms with Crippen LogP contribution in [0.3, 0.4) is 0 Å². The number of anilines is 1. The van der Waals surface area contributed by atoms with Crippen molar-refractivity contribution in [3.05, 3.63) is 68.0 Å². The Morgan fingerprint density at radius 3 is 2.59 bits per heavy atom. The molecule has 2 N–H and O–H groups in total. The van der Waals surface area contributed by atoms with Gasteiger partial charge in [0.25, 0.3) is 11.8 Å². The van der Waals surface area contributed by atoms with Crippen LogP contribution in [0.2, 0.25) is 20.2 Å². The molecule has 0 bridgehead atoms. The normalized spacial score (nSPS) is 15.2. The van der Waals surface area contributed by atoms with Crippen molar-refractivity contribution in [1.82, 2.24) is 20.1 Å². The summed E-state index contributed by atoms with van der Waals surface area (Å²) >= 11 is 24.6. The highest BCUT2D eigenvalue weighted by Crippen LogP contribution is 2.31. The number of benzene rings is 1. The number of ether oxygens (including phenoxy) is 1. The Morgan fingerprint density at radius 2 is 1.91 bits per heavy atom. The van der Waals surface area contributed by atoms with Crippen molar-refractivity contribution in [3.63, 3.8) is 0 Å². The van der Waals surface area contributed by atoms with E-state index in [1.54, 1.807) is 12.1 Å². The number of amides is 2. The topological polar surface area (TPSA) is 98.1 Å². The van der Waals surface area contributed by atoms with Crippen LogP contribution in [-0.2, 0) is 4.74 Å². The predicted molar refractivity (Wildman–Crippen MR) is 122 cm³/mol. The number of rotatable bonds is 6. The van der Waals surface area contributed by atoms with Gasteiger partial charge in [-0.3, -0.25) is 9.59 Å². The second kappa shape index (κ2) is 9.64. The molecule has 4 rings (SSSR count). The molecule has 1 aliphatic rings. The van der Waals surface area contributed by atoms with Crippen molar-refractivity contribution in [3.8, 4) is 5.82 Å². The van der Waals surface area contributed by atoms with Gasteiger partial charge >= 0.3 is 0 Å². The lowest BCUT2D eigenvalue weighted by molar-refractivity contribution is -0.0472. The van der Waals surface area contributed by atoms with Crippen molar-refractivity contribution in [1.29, 1.82) is 0 Å². The average molecular weight is 515 g/mol. The number of carbonyl (C=O) groups is 2. The number of halogens is 4. The first-order valence-corrected chi connectivity index (χ1v) is 10.9. The third kappa shape index (κ3) is 4.84. The number of nitrogens with zero attached hydrogens (tertiary/aromatic N) is 3. The third-order valence-electron chi connectivity index (χ3n) is 4.67. The molecular weight excluding hydrogens is 500 g/mol. The van der Waals surface area contributed by atoms with Gasteiger partial charge in [0.2, 0.25) is 0 Å². The number of hydrogen-bond donors (Lipinski definition) is 2. The summed E-state index contributed by atoms with van der Waals surface area (Å²) in [6.07, 6.45) is 2.33. The van der Waals surface area contributed by atoms with E-state index in [1.807, 2.05) is 0 Å². The fourth-order valence-electron chi connectivity index (χ4n) is 3.01. The first-order chi connectivity index (χ1) is 15.3. The molecular formula is C20H15Cl4N5O3. The van der Waals surface area contributed by atoms with Gasteiger partial charge in [0, 0.05) is 30.4 Å². The minimum Gasteiger partial charge on any atom is -0.376 e. The minimum atomic E-state index is -0.633. The molecule has 12 heteroatoms. The molecule has 3 aromatic rings. The van der Waals surface area contributed by atoms with E-state index in [1.165, 1.54) is 29.1 Å². The second-order valence-electron chi connectivity index (χ2n) is 6.83. The summed E-state index contributed by atoms with van der Waals surface area (Å²) in [5.41, 5.74) is 0.225. The van der Waals surface area contributed by atoms with Crippen LogP contribution in [0, 0.1) is 0 Å². The highest BCUT2D eigenvalue weighted by molar-refractivity contribution is 6.38. The standard InChI is InChI=1S/C20H15Cl4N5O3/c21-10-6-12(19(30)26-9-11-3-5-32-11)17(14(23)7-10)27-20(31)15-8-16(24)28-29(15)18-13(22)2-1-4-25-18/h1-2,4,6-8,11H,3,5,9H2,(H,26,30)(H,27,31). The van der Waals surface area contributed by atoms with E-state index in [9.17, 15) is 9.59 Å². The van der Waals surface area contributed by atoms with E-state index in [4.69, 9.17) is 51.1 Å². The van der Waals surface area contributed by atoms with E-state index in [2.05, 4.69) is 20.7 Å². The van der Waals surface area contributed by atoms with Crippen LogP contribution < -0.4 is 10.6 Å². The molecule has 0 spiro atoms. The van der Waals surface area contributed by atoms with Crippen molar-refractivity contribution in [2.75, 3.05) is 18.5 Å². The lowest BCUT2D eigenvalue weighted by atomic mass is 10.1. The highest BCUT2D eigenvalue weighted by atomic mass is 35.5. The first kappa shape index (κ1) is 22.8. The summed E-state index contributed by atoms with van der Waals surface area (Å²) < 4.78 is 6.51. The molecule has 0 saturated carbocycles. The fraction of sp³-hybridized carbons (Fsp3) is 0.200. The Hall–Kier alpha value is -2.36. The maximum Gasteiger partial charge on any atom is 0.274 e. The molecule has 0 aliphatic carbocycles. The molecule has 1 saturated heterocycles. The number of nitrogens with one attached hydrogen (secondary N) is 2. The summed E-state index contributed by atoms with van der Waals surface area (Å²) in [6.45, 7) is 0.998. The zero-order valence-electron chi connectivity index (χ0n) is 16.2. The lowest BCUT2D eigenvalue weighted by Gasteiger charge is -2.26. The summed E-state index contributed by atoms with van der Waals surface area (Å²) in [5.74, 6) is -0.877. The molecule has 166 valence electrons. The quantitative estimate of drug-likeness (QED) is 0.498. The Labute approximate surface area is 202 Å². The molecule has 1 unspecified atom stereocenters. The average Bonchev–Trinajstić information content (AvgIpc) is 3.10. The van der Waals surface area contributed by atoms with E-state index < -0.39 is 11.8 Å². The molecule has 1 atom stereocenters. The van der Waals surface area contributed by atoms with E-state index >= 15 is 0 Å². The monoisotopic (exact) mass is 513 g/mol. The number of pyridine rings is 1. The van der Waals surface area contributed by atoms with Gasteiger partial charge in [0.1, 0.15) is 5.69 Å². The maximum absolute atomic E-state index is 13.1. The summed E-state index contributed by atoms with van der Waals surface area (Å²) in [5, 5.41) is 10.1. The molecule has 8 nitrogen and oxygen atoms in total. The highest BCUT2D eigenvalue weighted by Gasteiger charge is 2.24. The molecule has 3 heterocycles. The van der Waals surface area contributed by atoms with Crippen molar-refractivity contribution in [2.24, 2.45) is 0 Å². The zero-order chi connectivity index (χ0) is 22.8. The lowest BCUT2D eigenvalue weighted by Crippen LogP contribution is -2.40. The first-order valence-electron chi connectivity index (χ1n) is 9.40. The SMILES string of the molecule is O=C(NCC1CCO1)c1cc(Cl)cc(Cl)c1NC(=O)c1cc(Cl)nn1-c1ncccc1Cl. The fourth-order valence-corrected chi connectivity index (χ4v) is 3.93. The zero-order valence-corrected chi connectivity index (χ0v) is 19.3. The van der Waals surface area contributed by atoms with Crippen molar-refractivity contribution >= 4 is 63.9 Å². The van der Waals surface area contributed by atoms with Crippen LogP contribution >= 0.6 is 46.4 Å². The summed E-state index contributed by atoms with van der Waals surface area (Å²) in [6, 6.07) is 7.43. The Balaban J connectivity index is 1.64. The predicted octanol–water partition coefficient (Wildman–Crippen LogP) is 4.65. The molecule has 1 aliphatic heterocycles. The number of aromatic nitrogens is 3. The molecule has 2 amide bonds. The van der Waals surface area contributed by atoms with Crippen molar-refractivity contribution in [2.45, 2.75) is 12.5 Å². The number of hydrogen-bond acceptors (Lipinski definition) is 5. The van der Waals surface area contributed by atoms with Gasteiger partial charge in [-0.05, 0) is 30.7 Å². The Morgan fingerprint density at radius 1 is 1.12 bits per heavy atom. The van der Waals surface area contributed by atoms with Gasteiger partial charge in [-0.25, -0.2) is 9.67 Å². The third-order valence-corrected chi connectivity index (χ3v) is 5.67. The summed E-state index contributed by atoms with van der Waals surface area (Å²) in [4.78, 5) is 30.0. The van der Waals surface area contributed by atoms with Gasteiger partial charge < -0.3 is 15.4 Å². The van der Waals surface area contributed by atoms with Crippen LogP contribution in [0.25, 0.3) is 5.82 Å². The van der Waals surface area contributed by atoms with E-state index in [-0.39, 0.29) is 49.1 Å². The minimum absolute atomic E-state index is 0.0359. The Kier molecular flexibility index (Phi) is 6.88. The van der Waals surface area contributed by atoms with Crippen LogP contribution in [0.1, 0.15) is 27.3 Å². The van der Waals surface area contributed by atoms with Crippen molar-refractivity contribution < 1.29 is 14.3 Å². The van der Waals surface area contributed by atoms with Gasteiger partial charge in [0.05, 0.1) is 27.4 Å². The molecule has 1 aromatic carbocycles. The van der Waals surface area contributed by atoms with Crippen LogP contribution in [0.5, 0.6) is 0 Å². The smallest absolute Gasteiger partial charge is 0.274 e. The van der Waals surface area contributed by atoms with Gasteiger partial charge in [-0.15, -0.1) is 0 Å². The molecule has 1 fully saturated rings. The van der Waals surface area contributed by atoms with Gasteiger partial charge in [-0.1, -0.05) is 46.4 Å². The van der Waals surface area contributed by atoms with E-state index in [0.29, 0.717) is 13.2 Å². The molecule has 32 heavy (non-hydrogen) atoms. The van der Waals surface area contributed by atoms with Crippen LogP contribution in [-0.4, -0.2) is 45.8 Å². The molecule has 2 aromatic heterocycles. The van der Waals surface area contributed by atoms with Crippen LogP contribution in [0.15, 0.2) is 36.5 Å².